The molecule has 0 aliphatic rings. The van der Waals surface area contributed by atoms with Crippen molar-refractivity contribution < 1.29 is 17.9 Å². The van der Waals surface area contributed by atoms with Crippen LogP contribution >= 0.6 is 0 Å². The fourth-order valence-corrected chi connectivity index (χ4v) is 4.37. The molecule has 1 amide bonds. The number of nitrogens with zero attached hydrogens (tertiary/aromatic N) is 3. The lowest BCUT2D eigenvalue weighted by Crippen LogP contribution is -2.16. The Morgan fingerprint density at radius 1 is 0.943 bits per heavy atom. The molecule has 0 saturated carbocycles. The number of benzene rings is 2. The number of pyridine rings is 1. The number of hydrogen-bond donors (Lipinski definition) is 2. The maximum absolute atomic E-state index is 12.7. The minimum absolute atomic E-state index is 0.153. The molecule has 0 fully saturated rings. The normalized spacial score (nSPS) is 11.2. The molecule has 0 aliphatic carbocycles. The first-order valence-corrected chi connectivity index (χ1v) is 12.2. The number of aryl methyl sites for hydroxylation is 4. The molecule has 2 N–H and O–H groups in total. The van der Waals surface area contributed by atoms with Crippen LogP contribution in [-0.4, -0.2) is 29.1 Å². The van der Waals surface area contributed by atoms with E-state index < -0.39 is 10.0 Å². The minimum atomic E-state index is -3.75. The van der Waals surface area contributed by atoms with Gasteiger partial charge in [-0.25, -0.2) is 13.4 Å². The highest BCUT2D eigenvalue weighted by Gasteiger charge is 2.16. The van der Waals surface area contributed by atoms with Crippen molar-refractivity contribution in [3.8, 4) is 11.5 Å². The van der Waals surface area contributed by atoms with Gasteiger partial charge in [0.2, 0.25) is 0 Å². The fraction of sp³-hybridized carbons (Fsp3) is 0.160. The van der Waals surface area contributed by atoms with Gasteiger partial charge in [0.1, 0.15) is 23.0 Å². The monoisotopic (exact) mass is 491 g/mol. The number of carbonyl (C=O) groups excluding carboxylic acids is 1. The van der Waals surface area contributed by atoms with Crippen LogP contribution in [0.3, 0.4) is 0 Å². The van der Waals surface area contributed by atoms with Crippen molar-refractivity contribution in [3.05, 3.63) is 89.4 Å². The summed E-state index contributed by atoms with van der Waals surface area (Å²) in [6.45, 7) is 5.59. The van der Waals surface area contributed by atoms with Crippen molar-refractivity contribution in [1.82, 2.24) is 14.8 Å². The van der Waals surface area contributed by atoms with Crippen molar-refractivity contribution in [3.63, 3.8) is 0 Å². The van der Waals surface area contributed by atoms with E-state index in [1.165, 1.54) is 16.9 Å². The van der Waals surface area contributed by atoms with Gasteiger partial charge in [-0.2, -0.15) is 5.10 Å². The Hall–Kier alpha value is -4.18. The molecule has 0 atom stereocenters. The molecule has 0 aliphatic heterocycles. The summed E-state index contributed by atoms with van der Waals surface area (Å²) in [7, 11) is -2.03. The molecule has 0 saturated heterocycles. The number of sulfonamides is 1. The van der Waals surface area contributed by atoms with E-state index in [9.17, 15) is 13.2 Å². The number of nitrogens with one attached hydrogen (secondary N) is 2. The molecule has 0 unspecified atom stereocenters. The van der Waals surface area contributed by atoms with Crippen LogP contribution in [-0.2, 0) is 17.1 Å². The lowest BCUT2D eigenvalue weighted by Gasteiger charge is -2.12. The van der Waals surface area contributed by atoms with Gasteiger partial charge in [0, 0.05) is 18.8 Å². The van der Waals surface area contributed by atoms with E-state index in [-0.39, 0.29) is 16.6 Å². The predicted molar refractivity (Wildman–Crippen MR) is 133 cm³/mol. The molecule has 2 heterocycles. The van der Waals surface area contributed by atoms with Crippen LogP contribution in [0.15, 0.2) is 71.8 Å². The van der Waals surface area contributed by atoms with E-state index in [2.05, 4.69) is 20.1 Å². The largest absolute Gasteiger partial charge is 0.456 e. The van der Waals surface area contributed by atoms with E-state index in [1.807, 2.05) is 26.8 Å². The minimum Gasteiger partial charge on any atom is -0.456 e. The Labute approximate surface area is 203 Å². The van der Waals surface area contributed by atoms with Crippen molar-refractivity contribution in [2.75, 3.05) is 10.0 Å². The Morgan fingerprint density at radius 3 is 2.29 bits per heavy atom. The Balaban J connectivity index is 1.45. The molecule has 0 spiro atoms. The fourth-order valence-electron chi connectivity index (χ4n) is 3.36. The van der Waals surface area contributed by atoms with Crippen LogP contribution in [0.5, 0.6) is 11.5 Å². The standard InChI is InChI=1S/C25H25N5O4S/c1-16-5-10-21(11-6-16)35(32,33)29-24-12-9-20(15-26-24)34-19-8-7-17(2)22(14-19)27-25(31)23-13-18(3)28-30(23)4/h5-15H,1-4H3,(H,26,29)(H,27,31). The molecule has 0 bridgehead atoms. The van der Waals surface area contributed by atoms with Crippen LogP contribution in [0.2, 0.25) is 0 Å². The number of hydrogen-bond acceptors (Lipinski definition) is 6. The van der Waals surface area contributed by atoms with Gasteiger partial charge in [-0.1, -0.05) is 23.8 Å². The van der Waals surface area contributed by atoms with E-state index in [0.29, 0.717) is 22.9 Å². The highest BCUT2D eigenvalue weighted by atomic mass is 32.2. The first kappa shape index (κ1) is 24.0. The van der Waals surface area contributed by atoms with Gasteiger partial charge >= 0.3 is 0 Å². The molecule has 4 aromatic rings. The zero-order valence-electron chi connectivity index (χ0n) is 19.7. The molecule has 4 rings (SSSR count). The summed E-state index contributed by atoms with van der Waals surface area (Å²) >= 11 is 0. The quantitative estimate of drug-likeness (QED) is 0.391. The van der Waals surface area contributed by atoms with Crippen molar-refractivity contribution in [2.45, 2.75) is 25.7 Å². The summed E-state index contributed by atoms with van der Waals surface area (Å²) in [4.78, 5) is 17.0. The SMILES string of the molecule is Cc1ccc(S(=O)(=O)Nc2ccc(Oc3ccc(C)c(NC(=O)c4cc(C)nn4C)c3)cn2)cc1. The second-order valence-electron chi connectivity index (χ2n) is 8.13. The van der Waals surface area contributed by atoms with Gasteiger partial charge in [-0.3, -0.25) is 14.2 Å². The average Bonchev–Trinajstić information content (AvgIpc) is 3.15. The first-order valence-electron chi connectivity index (χ1n) is 10.8. The zero-order valence-corrected chi connectivity index (χ0v) is 20.6. The second kappa shape index (κ2) is 9.59. The Bertz CT molecular complexity index is 1480. The average molecular weight is 492 g/mol. The van der Waals surface area contributed by atoms with Gasteiger partial charge in [0.15, 0.2) is 0 Å². The lowest BCUT2D eigenvalue weighted by atomic mass is 10.2. The van der Waals surface area contributed by atoms with Crippen LogP contribution in [0.1, 0.15) is 27.3 Å². The molecule has 9 nitrogen and oxygen atoms in total. The molecule has 35 heavy (non-hydrogen) atoms. The summed E-state index contributed by atoms with van der Waals surface area (Å²) in [6, 6.07) is 16.7. The summed E-state index contributed by atoms with van der Waals surface area (Å²) < 4.78 is 34.9. The summed E-state index contributed by atoms with van der Waals surface area (Å²) in [5, 5.41) is 7.09. The van der Waals surface area contributed by atoms with Gasteiger partial charge in [-0.05, 0) is 62.7 Å². The number of amides is 1. The summed E-state index contributed by atoms with van der Waals surface area (Å²) in [5.74, 6) is 0.787. The number of aromatic nitrogens is 3. The van der Waals surface area contributed by atoms with Gasteiger partial charge in [-0.15, -0.1) is 0 Å². The molecule has 180 valence electrons. The van der Waals surface area contributed by atoms with E-state index >= 15 is 0 Å². The first-order chi connectivity index (χ1) is 16.6. The Kier molecular flexibility index (Phi) is 6.57. The number of anilines is 2. The smallest absolute Gasteiger partial charge is 0.273 e. The number of carbonyl (C=O) groups is 1. The topological polar surface area (TPSA) is 115 Å². The zero-order chi connectivity index (χ0) is 25.2. The maximum atomic E-state index is 12.7. The molecule has 10 heteroatoms. The van der Waals surface area contributed by atoms with Crippen LogP contribution < -0.4 is 14.8 Å². The highest BCUT2D eigenvalue weighted by molar-refractivity contribution is 7.92. The van der Waals surface area contributed by atoms with Crippen molar-refractivity contribution in [1.29, 1.82) is 0 Å². The van der Waals surface area contributed by atoms with Gasteiger partial charge in [0.05, 0.1) is 16.8 Å². The summed E-state index contributed by atoms with van der Waals surface area (Å²) in [6.07, 6.45) is 1.42. The van der Waals surface area contributed by atoms with Crippen LogP contribution in [0.25, 0.3) is 0 Å². The van der Waals surface area contributed by atoms with Gasteiger partial charge < -0.3 is 10.1 Å². The summed E-state index contributed by atoms with van der Waals surface area (Å²) in [5.41, 5.74) is 3.63. The van der Waals surface area contributed by atoms with E-state index in [0.717, 1.165) is 16.8 Å². The number of ether oxygens (including phenoxy) is 1. The van der Waals surface area contributed by atoms with Crippen LogP contribution in [0, 0.1) is 20.8 Å². The Morgan fingerprint density at radius 2 is 1.66 bits per heavy atom. The molecule has 2 aromatic carbocycles. The van der Waals surface area contributed by atoms with E-state index in [1.54, 1.807) is 55.6 Å². The maximum Gasteiger partial charge on any atom is 0.273 e. The lowest BCUT2D eigenvalue weighted by molar-refractivity contribution is 0.101. The third kappa shape index (κ3) is 5.67. The highest BCUT2D eigenvalue weighted by Crippen LogP contribution is 2.27. The number of rotatable bonds is 7. The predicted octanol–water partition coefficient (Wildman–Crippen LogP) is 4.59. The van der Waals surface area contributed by atoms with Crippen molar-refractivity contribution >= 4 is 27.4 Å². The molecule has 0 radical (unpaired) electrons. The van der Waals surface area contributed by atoms with Crippen LogP contribution in [0.4, 0.5) is 11.5 Å². The van der Waals surface area contributed by atoms with Gasteiger partial charge in [0.25, 0.3) is 15.9 Å². The second-order valence-corrected chi connectivity index (χ2v) is 9.81. The molecular weight excluding hydrogens is 466 g/mol. The third-order valence-corrected chi connectivity index (χ3v) is 6.60. The third-order valence-electron chi connectivity index (χ3n) is 5.23. The molecule has 2 aromatic heterocycles. The van der Waals surface area contributed by atoms with Crippen molar-refractivity contribution in [2.24, 2.45) is 7.05 Å². The van der Waals surface area contributed by atoms with E-state index in [4.69, 9.17) is 4.74 Å². The molecular formula is C25H25N5O4S.